The Labute approximate surface area is 85.8 Å². The zero-order chi connectivity index (χ0) is 10.6. The van der Waals surface area contributed by atoms with E-state index < -0.39 is 0 Å². The highest BCUT2D eigenvalue weighted by molar-refractivity contribution is 5.73. The van der Waals surface area contributed by atoms with Gasteiger partial charge in [-0.25, -0.2) is 4.79 Å². The van der Waals surface area contributed by atoms with Gasteiger partial charge in [0.1, 0.15) is 0 Å². The van der Waals surface area contributed by atoms with Gasteiger partial charge in [-0.15, -0.1) is 0 Å². The lowest BCUT2D eigenvalue weighted by Gasteiger charge is -2.33. The topological polar surface area (TPSA) is 32.8 Å². The first-order valence-electron chi connectivity index (χ1n) is 5.23. The van der Waals surface area contributed by atoms with Crippen molar-refractivity contribution in [3.8, 4) is 0 Å². The first-order chi connectivity index (χ1) is 6.65. The fourth-order valence-electron chi connectivity index (χ4n) is 1.73. The molecule has 1 saturated heterocycles. The summed E-state index contributed by atoms with van der Waals surface area (Å²) in [5.74, 6) is 0. The third-order valence-corrected chi connectivity index (χ3v) is 2.50. The number of hydrogen-bond donors (Lipinski definition) is 0. The highest BCUT2D eigenvalue weighted by atomic mass is 16.5. The van der Waals surface area contributed by atoms with Crippen LogP contribution in [-0.4, -0.2) is 55.7 Å². The zero-order valence-corrected chi connectivity index (χ0v) is 9.32. The molecule has 0 aromatic rings. The molecule has 1 rings (SSSR count). The summed E-state index contributed by atoms with van der Waals surface area (Å²) in [6.07, 6.45) is 2.28. The minimum atomic E-state index is 0.111. The number of likely N-dealkylation sites (tertiary alicyclic amines) is 1. The number of nitrogens with zero attached hydrogens (tertiary/aromatic N) is 2. The molecular weight excluding hydrogens is 180 g/mol. The molecule has 0 radical (unpaired) electrons. The van der Waals surface area contributed by atoms with Crippen LogP contribution >= 0.6 is 0 Å². The van der Waals surface area contributed by atoms with E-state index in [0.717, 1.165) is 32.5 Å². The van der Waals surface area contributed by atoms with Gasteiger partial charge in [0, 0.05) is 33.8 Å². The van der Waals surface area contributed by atoms with Gasteiger partial charge in [-0.3, -0.25) is 0 Å². The molecule has 0 spiro atoms. The average Bonchev–Trinajstić information content (AvgIpc) is 2.18. The Morgan fingerprint density at radius 3 is 2.43 bits per heavy atom. The first-order valence-corrected chi connectivity index (χ1v) is 5.23. The molecule has 0 atom stereocenters. The molecule has 0 N–H and O–H groups in total. The summed E-state index contributed by atoms with van der Waals surface area (Å²) in [6.45, 7) is 4.42. The first kappa shape index (κ1) is 11.3. The van der Waals surface area contributed by atoms with Crippen LogP contribution in [0.1, 0.15) is 19.8 Å². The molecule has 0 aromatic heterocycles. The molecule has 1 aliphatic rings. The minimum absolute atomic E-state index is 0.111. The van der Waals surface area contributed by atoms with Gasteiger partial charge in [0.15, 0.2) is 0 Å². The van der Waals surface area contributed by atoms with E-state index in [0.29, 0.717) is 6.10 Å². The molecule has 14 heavy (non-hydrogen) atoms. The van der Waals surface area contributed by atoms with Crippen LogP contribution in [0.25, 0.3) is 0 Å². The molecule has 0 saturated carbocycles. The molecule has 1 heterocycles. The van der Waals surface area contributed by atoms with Crippen molar-refractivity contribution in [1.82, 2.24) is 9.80 Å². The SMILES string of the molecule is CCOC1CCN(C(=O)N(C)C)CC1. The van der Waals surface area contributed by atoms with Crippen molar-refractivity contribution in [3.05, 3.63) is 0 Å². The van der Waals surface area contributed by atoms with Gasteiger partial charge < -0.3 is 14.5 Å². The number of amides is 2. The molecule has 1 aliphatic heterocycles. The Bertz CT molecular complexity index is 187. The van der Waals surface area contributed by atoms with E-state index in [-0.39, 0.29) is 6.03 Å². The molecule has 1 fully saturated rings. The lowest BCUT2D eigenvalue weighted by atomic mass is 10.1. The Morgan fingerprint density at radius 1 is 1.43 bits per heavy atom. The molecule has 82 valence electrons. The Kier molecular flexibility index (Phi) is 4.20. The van der Waals surface area contributed by atoms with Crippen molar-refractivity contribution in [1.29, 1.82) is 0 Å². The summed E-state index contributed by atoms with van der Waals surface area (Å²) in [5, 5.41) is 0. The number of piperidine rings is 1. The minimum Gasteiger partial charge on any atom is -0.378 e. The van der Waals surface area contributed by atoms with Crippen molar-refractivity contribution in [3.63, 3.8) is 0 Å². The highest BCUT2D eigenvalue weighted by Gasteiger charge is 2.23. The van der Waals surface area contributed by atoms with Gasteiger partial charge in [-0.2, -0.15) is 0 Å². The number of ether oxygens (including phenoxy) is 1. The van der Waals surface area contributed by atoms with Crippen LogP contribution in [0.2, 0.25) is 0 Å². The van der Waals surface area contributed by atoms with E-state index in [1.54, 1.807) is 19.0 Å². The normalized spacial score (nSPS) is 18.4. The number of hydrogen-bond acceptors (Lipinski definition) is 2. The van der Waals surface area contributed by atoms with E-state index >= 15 is 0 Å². The Balaban J connectivity index is 2.32. The van der Waals surface area contributed by atoms with Gasteiger partial charge in [-0.05, 0) is 19.8 Å². The number of carbonyl (C=O) groups is 1. The number of rotatable bonds is 2. The van der Waals surface area contributed by atoms with Gasteiger partial charge >= 0.3 is 6.03 Å². The molecular formula is C10H20N2O2. The third-order valence-electron chi connectivity index (χ3n) is 2.50. The zero-order valence-electron chi connectivity index (χ0n) is 9.32. The summed E-state index contributed by atoms with van der Waals surface area (Å²) in [7, 11) is 3.58. The lowest BCUT2D eigenvalue weighted by Crippen LogP contribution is -2.45. The van der Waals surface area contributed by atoms with Crippen LogP contribution in [0.15, 0.2) is 0 Å². The van der Waals surface area contributed by atoms with Crippen molar-refractivity contribution in [2.45, 2.75) is 25.9 Å². The van der Waals surface area contributed by atoms with E-state index in [1.165, 1.54) is 0 Å². The van der Waals surface area contributed by atoms with E-state index in [2.05, 4.69) is 0 Å². The quantitative estimate of drug-likeness (QED) is 0.670. The van der Waals surface area contributed by atoms with Crippen molar-refractivity contribution >= 4 is 6.03 Å². The molecule has 0 unspecified atom stereocenters. The van der Waals surface area contributed by atoms with Gasteiger partial charge in [-0.1, -0.05) is 0 Å². The highest BCUT2D eigenvalue weighted by Crippen LogP contribution is 2.14. The Morgan fingerprint density at radius 2 is 2.00 bits per heavy atom. The summed E-state index contributed by atoms with van der Waals surface area (Å²) in [5.41, 5.74) is 0. The molecule has 4 heteroatoms. The second kappa shape index (κ2) is 5.20. The second-order valence-corrected chi connectivity index (χ2v) is 3.82. The van der Waals surface area contributed by atoms with Crippen molar-refractivity contribution < 1.29 is 9.53 Å². The number of urea groups is 1. The third kappa shape index (κ3) is 2.87. The maximum Gasteiger partial charge on any atom is 0.319 e. The smallest absolute Gasteiger partial charge is 0.319 e. The van der Waals surface area contributed by atoms with Crippen LogP contribution in [0.5, 0.6) is 0 Å². The van der Waals surface area contributed by atoms with Crippen LogP contribution < -0.4 is 0 Å². The second-order valence-electron chi connectivity index (χ2n) is 3.82. The fourth-order valence-corrected chi connectivity index (χ4v) is 1.73. The van der Waals surface area contributed by atoms with Crippen LogP contribution in [0.3, 0.4) is 0 Å². The largest absolute Gasteiger partial charge is 0.378 e. The van der Waals surface area contributed by atoms with E-state index in [9.17, 15) is 4.79 Å². The molecule has 2 amide bonds. The van der Waals surface area contributed by atoms with E-state index in [4.69, 9.17) is 4.74 Å². The molecule has 4 nitrogen and oxygen atoms in total. The van der Waals surface area contributed by atoms with Gasteiger partial charge in [0.2, 0.25) is 0 Å². The molecule has 0 aromatic carbocycles. The maximum atomic E-state index is 11.6. The summed E-state index contributed by atoms with van der Waals surface area (Å²) in [4.78, 5) is 15.1. The summed E-state index contributed by atoms with van der Waals surface area (Å²) < 4.78 is 5.52. The average molecular weight is 200 g/mol. The van der Waals surface area contributed by atoms with Crippen LogP contribution in [0, 0.1) is 0 Å². The predicted octanol–water partition coefficient (Wildman–Crippen LogP) is 1.17. The van der Waals surface area contributed by atoms with Crippen molar-refractivity contribution in [2.75, 3.05) is 33.8 Å². The van der Waals surface area contributed by atoms with Crippen LogP contribution in [-0.2, 0) is 4.74 Å². The monoisotopic (exact) mass is 200 g/mol. The standard InChI is InChI=1S/C10H20N2O2/c1-4-14-9-5-7-12(8-6-9)10(13)11(2)3/h9H,4-8H2,1-3H3. The lowest BCUT2D eigenvalue weighted by molar-refractivity contribution is 0.0197. The van der Waals surface area contributed by atoms with Gasteiger partial charge in [0.05, 0.1) is 6.10 Å². The van der Waals surface area contributed by atoms with Crippen LogP contribution in [0.4, 0.5) is 4.79 Å². The molecule has 0 bridgehead atoms. The maximum absolute atomic E-state index is 11.6. The van der Waals surface area contributed by atoms with Crippen molar-refractivity contribution in [2.24, 2.45) is 0 Å². The fraction of sp³-hybridized carbons (Fsp3) is 0.900. The predicted molar refractivity (Wildman–Crippen MR) is 55.3 cm³/mol. The van der Waals surface area contributed by atoms with Gasteiger partial charge in [0.25, 0.3) is 0 Å². The Hall–Kier alpha value is -0.770. The van der Waals surface area contributed by atoms with E-state index in [1.807, 2.05) is 11.8 Å². The summed E-state index contributed by atoms with van der Waals surface area (Å²) in [6, 6.07) is 0.111. The number of carbonyl (C=O) groups excluding carboxylic acids is 1. The summed E-state index contributed by atoms with van der Waals surface area (Å²) >= 11 is 0. The molecule has 0 aliphatic carbocycles.